The number of pyridine rings is 1. The average Bonchev–Trinajstić information content (AvgIpc) is 3.57. The maximum Gasteiger partial charge on any atom is 0.272 e. The van der Waals surface area contributed by atoms with Gasteiger partial charge in [-0.3, -0.25) is 14.6 Å². The minimum Gasteiger partial charge on any atom is -0.305 e. The van der Waals surface area contributed by atoms with Crippen molar-refractivity contribution in [2.45, 2.75) is 75.3 Å². The first-order chi connectivity index (χ1) is 22.0. The van der Waals surface area contributed by atoms with E-state index in [1.807, 2.05) is 6.07 Å². The molecule has 242 valence electrons. The van der Waals surface area contributed by atoms with Crippen molar-refractivity contribution in [3.05, 3.63) is 93.2 Å². The zero-order chi connectivity index (χ0) is 32.7. The lowest BCUT2D eigenvalue weighted by Gasteiger charge is -2.30. The van der Waals surface area contributed by atoms with Crippen LogP contribution in [-0.2, 0) is 21.4 Å². The van der Waals surface area contributed by atoms with E-state index in [0.29, 0.717) is 26.7 Å². The molecule has 0 bridgehead atoms. The predicted molar refractivity (Wildman–Crippen MR) is 162 cm³/mol. The Labute approximate surface area is 262 Å². The second-order valence-electron chi connectivity index (χ2n) is 11.8. The molecule has 1 N–H and O–H groups in total. The van der Waals surface area contributed by atoms with E-state index in [1.54, 1.807) is 18.3 Å². The van der Waals surface area contributed by atoms with Gasteiger partial charge >= 0.3 is 0 Å². The van der Waals surface area contributed by atoms with Crippen LogP contribution in [0.3, 0.4) is 0 Å². The van der Waals surface area contributed by atoms with Gasteiger partial charge in [0.15, 0.2) is 28.2 Å². The maximum atomic E-state index is 14.9. The fourth-order valence-electron chi connectivity index (χ4n) is 6.44. The van der Waals surface area contributed by atoms with E-state index in [4.69, 9.17) is 0 Å². The van der Waals surface area contributed by atoms with Gasteiger partial charge in [0.05, 0.1) is 23.8 Å². The van der Waals surface area contributed by atoms with Crippen LogP contribution < -0.4 is 10.5 Å². The lowest BCUT2D eigenvalue weighted by atomic mass is 9.85. The van der Waals surface area contributed by atoms with Crippen LogP contribution in [-0.4, -0.2) is 46.4 Å². The minimum atomic E-state index is -5.22. The Bertz CT molecular complexity index is 1950. The standard InChI is InChI=1S/C32H31F4N5O4S/c1-18-26(33)28(35)30(29(36)27(18)34)46(44,45)41-13-5-8-25(41)32(43)40(23-11-12-24-21(14-23)16-38-39-31(24)42)17-22-10-9-20(15-37-22)19-6-3-2-4-7-19/h9-12,14-16,19,25H,2-8,13,17H2,1H3,(H,39,42)/t25-/m1/s1. The second-order valence-corrected chi connectivity index (χ2v) is 13.6. The van der Waals surface area contributed by atoms with Gasteiger partial charge < -0.3 is 4.90 Å². The van der Waals surface area contributed by atoms with Crippen LogP contribution in [0.4, 0.5) is 23.2 Å². The van der Waals surface area contributed by atoms with E-state index < -0.39 is 61.3 Å². The molecule has 1 saturated carbocycles. The lowest BCUT2D eigenvalue weighted by molar-refractivity contribution is -0.121. The molecule has 1 aliphatic carbocycles. The second kappa shape index (κ2) is 12.6. The summed E-state index contributed by atoms with van der Waals surface area (Å²) in [6.45, 7) is 0.372. The van der Waals surface area contributed by atoms with Crippen LogP contribution in [0.2, 0.25) is 0 Å². The normalized spacial score (nSPS) is 17.9. The van der Waals surface area contributed by atoms with Gasteiger partial charge in [-0.25, -0.2) is 31.1 Å². The predicted octanol–water partition coefficient (Wildman–Crippen LogP) is 5.62. The highest BCUT2D eigenvalue weighted by molar-refractivity contribution is 7.89. The lowest BCUT2D eigenvalue weighted by Crippen LogP contribution is -2.48. The summed E-state index contributed by atoms with van der Waals surface area (Å²) < 4.78 is 86.5. The summed E-state index contributed by atoms with van der Waals surface area (Å²) in [7, 11) is -5.22. The molecule has 0 unspecified atom stereocenters. The molecule has 1 aliphatic heterocycles. The van der Waals surface area contributed by atoms with Gasteiger partial charge in [0.1, 0.15) is 6.04 Å². The van der Waals surface area contributed by atoms with Crippen LogP contribution >= 0.6 is 0 Å². The summed E-state index contributed by atoms with van der Waals surface area (Å²) >= 11 is 0. The zero-order valence-electron chi connectivity index (χ0n) is 24.9. The van der Waals surface area contributed by atoms with Crippen molar-refractivity contribution in [1.82, 2.24) is 19.5 Å². The maximum absolute atomic E-state index is 14.9. The number of anilines is 1. The third-order valence-electron chi connectivity index (χ3n) is 8.97. The van der Waals surface area contributed by atoms with Gasteiger partial charge in [-0.15, -0.1) is 0 Å². The number of rotatable bonds is 7. The van der Waals surface area contributed by atoms with E-state index in [0.717, 1.165) is 38.2 Å². The van der Waals surface area contributed by atoms with Gasteiger partial charge in [-0.05, 0) is 68.4 Å². The molecule has 0 spiro atoms. The Balaban J connectivity index is 1.38. The molecule has 1 amide bonds. The Kier molecular flexibility index (Phi) is 8.68. The number of carbonyl (C=O) groups is 1. The summed E-state index contributed by atoms with van der Waals surface area (Å²) in [5.41, 5.74) is 0.422. The van der Waals surface area contributed by atoms with E-state index in [9.17, 15) is 35.6 Å². The van der Waals surface area contributed by atoms with Crippen LogP contribution in [0.1, 0.15) is 67.7 Å². The summed E-state index contributed by atoms with van der Waals surface area (Å²) in [5.74, 6) is -8.12. The Morgan fingerprint density at radius 1 is 0.957 bits per heavy atom. The van der Waals surface area contributed by atoms with E-state index in [1.165, 1.54) is 29.7 Å². The van der Waals surface area contributed by atoms with Gasteiger partial charge in [0.2, 0.25) is 15.9 Å². The van der Waals surface area contributed by atoms with Crippen molar-refractivity contribution in [3.8, 4) is 0 Å². The molecule has 2 fully saturated rings. The van der Waals surface area contributed by atoms with Gasteiger partial charge in [-0.1, -0.05) is 25.3 Å². The molecule has 0 radical (unpaired) electrons. The summed E-state index contributed by atoms with van der Waals surface area (Å²) in [4.78, 5) is 30.7. The monoisotopic (exact) mass is 657 g/mol. The molecule has 2 aromatic heterocycles. The summed E-state index contributed by atoms with van der Waals surface area (Å²) in [6, 6.07) is 6.86. The number of benzene rings is 2. The molecular weight excluding hydrogens is 626 g/mol. The number of H-pyrrole nitrogens is 1. The number of aromatic amines is 1. The van der Waals surface area contributed by atoms with Crippen molar-refractivity contribution >= 4 is 32.4 Å². The first kappa shape index (κ1) is 31.8. The quantitative estimate of drug-likeness (QED) is 0.204. The SMILES string of the molecule is Cc1c(F)c(F)c(S(=O)(=O)N2CCC[C@@H]2C(=O)N(Cc2ccc(C3CCCCC3)cn2)c2ccc3c(=O)[nH]ncc3c2)c(F)c1F. The van der Waals surface area contributed by atoms with Crippen LogP contribution in [0, 0.1) is 30.2 Å². The first-order valence-corrected chi connectivity index (χ1v) is 16.5. The smallest absolute Gasteiger partial charge is 0.272 e. The molecule has 6 rings (SSSR count). The van der Waals surface area contributed by atoms with Gasteiger partial charge in [-0.2, -0.15) is 9.40 Å². The van der Waals surface area contributed by atoms with Gasteiger partial charge in [0.25, 0.3) is 5.56 Å². The number of fused-ring (bicyclic) bond motifs is 1. The minimum absolute atomic E-state index is 0.0164. The van der Waals surface area contributed by atoms with Crippen molar-refractivity contribution in [2.75, 3.05) is 11.4 Å². The molecule has 1 atom stereocenters. The number of halogens is 4. The summed E-state index contributed by atoms with van der Waals surface area (Å²) in [6.07, 6.45) is 8.93. The molecule has 9 nitrogen and oxygen atoms in total. The third-order valence-corrected chi connectivity index (χ3v) is 10.9. The topological polar surface area (TPSA) is 116 Å². The average molecular weight is 658 g/mol. The molecule has 1 saturated heterocycles. The number of sulfonamides is 1. The number of nitrogens with zero attached hydrogens (tertiary/aromatic N) is 4. The van der Waals surface area contributed by atoms with Crippen molar-refractivity contribution in [1.29, 1.82) is 0 Å². The number of hydrogen-bond donors (Lipinski definition) is 1. The Morgan fingerprint density at radius 2 is 1.67 bits per heavy atom. The number of carbonyl (C=O) groups excluding carboxylic acids is 1. The molecule has 2 aliphatic rings. The largest absolute Gasteiger partial charge is 0.305 e. The molecule has 3 heterocycles. The molecular formula is C32H31F4N5O4S. The van der Waals surface area contributed by atoms with Crippen LogP contribution in [0.15, 0.2) is 52.4 Å². The number of nitrogens with one attached hydrogen (secondary N) is 1. The van der Waals surface area contributed by atoms with E-state index >= 15 is 0 Å². The van der Waals surface area contributed by atoms with E-state index in [2.05, 4.69) is 15.2 Å². The number of amides is 1. The number of hydrogen-bond acceptors (Lipinski definition) is 6. The highest BCUT2D eigenvalue weighted by atomic mass is 32.2. The summed E-state index contributed by atoms with van der Waals surface area (Å²) in [5, 5.41) is 6.87. The zero-order valence-corrected chi connectivity index (χ0v) is 25.7. The fourth-order valence-corrected chi connectivity index (χ4v) is 8.20. The highest BCUT2D eigenvalue weighted by Gasteiger charge is 2.45. The third kappa shape index (κ3) is 5.68. The Morgan fingerprint density at radius 3 is 2.35 bits per heavy atom. The molecule has 14 heteroatoms. The van der Waals surface area contributed by atoms with Crippen molar-refractivity contribution in [2.24, 2.45) is 0 Å². The van der Waals surface area contributed by atoms with E-state index in [-0.39, 0.29) is 31.6 Å². The van der Waals surface area contributed by atoms with Crippen molar-refractivity contribution in [3.63, 3.8) is 0 Å². The highest BCUT2D eigenvalue weighted by Crippen LogP contribution is 2.35. The van der Waals surface area contributed by atoms with Crippen molar-refractivity contribution < 1.29 is 30.8 Å². The molecule has 46 heavy (non-hydrogen) atoms. The van der Waals surface area contributed by atoms with Gasteiger partial charge in [0, 0.05) is 29.4 Å². The van der Waals surface area contributed by atoms with Crippen LogP contribution in [0.25, 0.3) is 10.8 Å². The fraction of sp³-hybridized carbons (Fsp3) is 0.375. The first-order valence-electron chi connectivity index (χ1n) is 15.1. The Hall–Kier alpha value is -4.17. The molecule has 2 aromatic carbocycles. The molecule has 4 aromatic rings. The number of aromatic nitrogens is 3. The van der Waals surface area contributed by atoms with Crippen LogP contribution in [0.5, 0.6) is 0 Å².